The van der Waals surface area contributed by atoms with Gasteiger partial charge in [0.25, 0.3) is 0 Å². The Morgan fingerprint density at radius 1 is 1.29 bits per heavy atom. The van der Waals surface area contributed by atoms with Crippen molar-refractivity contribution >= 4 is 23.6 Å². The molecule has 24 heavy (non-hydrogen) atoms. The van der Waals surface area contributed by atoms with Gasteiger partial charge in [0.2, 0.25) is 5.91 Å². The van der Waals surface area contributed by atoms with E-state index in [-0.39, 0.29) is 24.4 Å². The number of para-hydroxylation sites is 1. The minimum absolute atomic E-state index is 0.197. The van der Waals surface area contributed by atoms with Crippen LogP contribution in [0, 0.1) is 5.92 Å². The van der Waals surface area contributed by atoms with Crippen LogP contribution < -0.4 is 5.32 Å². The van der Waals surface area contributed by atoms with Crippen LogP contribution in [0.3, 0.4) is 0 Å². The van der Waals surface area contributed by atoms with E-state index in [1.165, 1.54) is 4.90 Å². The summed E-state index contributed by atoms with van der Waals surface area (Å²) in [7, 11) is 0. The Balaban J connectivity index is 1.96. The van der Waals surface area contributed by atoms with Crippen molar-refractivity contribution in [1.29, 1.82) is 0 Å². The zero-order valence-corrected chi connectivity index (χ0v) is 13.8. The van der Waals surface area contributed by atoms with E-state index in [9.17, 15) is 14.4 Å². The predicted molar refractivity (Wildman–Crippen MR) is 89.6 cm³/mol. The smallest absolute Gasteiger partial charge is 0.323 e. The topological polar surface area (TPSA) is 90.0 Å². The first-order valence-corrected chi connectivity index (χ1v) is 8.12. The number of benzene rings is 1. The number of nitrogens with zero attached hydrogens (tertiary/aromatic N) is 2. The van der Waals surface area contributed by atoms with Crippen molar-refractivity contribution in [2.45, 2.75) is 19.8 Å². The van der Waals surface area contributed by atoms with Crippen LogP contribution in [0.25, 0.3) is 0 Å². The van der Waals surface area contributed by atoms with E-state index in [4.69, 9.17) is 5.11 Å². The number of likely N-dealkylation sites (N-methyl/N-ethyl adjacent to an activating group) is 1. The van der Waals surface area contributed by atoms with E-state index in [1.54, 1.807) is 24.0 Å². The Kier molecular flexibility index (Phi) is 6.17. The van der Waals surface area contributed by atoms with Crippen LogP contribution in [-0.2, 0) is 9.59 Å². The molecule has 1 aliphatic heterocycles. The molecule has 0 aliphatic carbocycles. The van der Waals surface area contributed by atoms with Crippen LogP contribution in [-0.4, -0.2) is 59.0 Å². The highest BCUT2D eigenvalue weighted by atomic mass is 16.4. The summed E-state index contributed by atoms with van der Waals surface area (Å²) in [5, 5.41) is 11.7. The third-order valence-corrected chi connectivity index (χ3v) is 4.10. The van der Waals surface area contributed by atoms with Crippen LogP contribution >= 0.6 is 0 Å². The molecule has 7 heteroatoms. The Morgan fingerprint density at radius 2 is 2.00 bits per heavy atom. The molecule has 1 saturated heterocycles. The van der Waals surface area contributed by atoms with Crippen LogP contribution in [0.5, 0.6) is 0 Å². The fourth-order valence-corrected chi connectivity index (χ4v) is 2.85. The summed E-state index contributed by atoms with van der Waals surface area (Å²) in [5.41, 5.74) is 0.706. The Morgan fingerprint density at radius 3 is 2.62 bits per heavy atom. The van der Waals surface area contributed by atoms with Crippen molar-refractivity contribution in [1.82, 2.24) is 9.80 Å². The number of nitrogens with one attached hydrogen (secondary N) is 1. The van der Waals surface area contributed by atoms with Crippen molar-refractivity contribution in [2.75, 3.05) is 31.5 Å². The van der Waals surface area contributed by atoms with E-state index in [0.717, 1.165) is 6.42 Å². The van der Waals surface area contributed by atoms with Crippen LogP contribution in [0.4, 0.5) is 10.5 Å². The lowest BCUT2D eigenvalue weighted by molar-refractivity contribution is -0.146. The molecule has 0 aromatic heterocycles. The molecule has 1 unspecified atom stereocenters. The molecule has 1 fully saturated rings. The highest BCUT2D eigenvalue weighted by Gasteiger charge is 2.31. The molecular formula is C17H23N3O4. The number of hydrogen-bond acceptors (Lipinski definition) is 3. The molecule has 130 valence electrons. The van der Waals surface area contributed by atoms with Gasteiger partial charge in [-0.3, -0.25) is 9.59 Å². The first-order chi connectivity index (χ1) is 11.5. The number of urea groups is 1. The first kappa shape index (κ1) is 17.8. The van der Waals surface area contributed by atoms with Crippen molar-refractivity contribution in [3.63, 3.8) is 0 Å². The fraction of sp³-hybridized carbons (Fsp3) is 0.471. The molecule has 0 radical (unpaired) electrons. The molecule has 1 aromatic rings. The minimum Gasteiger partial charge on any atom is -0.480 e. The largest absolute Gasteiger partial charge is 0.480 e. The number of hydrogen-bond donors (Lipinski definition) is 2. The predicted octanol–water partition coefficient (Wildman–Crippen LogP) is 1.86. The molecule has 2 rings (SSSR count). The zero-order chi connectivity index (χ0) is 17.5. The number of carboxylic acids is 1. The van der Waals surface area contributed by atoms with Gasteiger partial charge in [0, 0.05) is 25.3 Å². The van der Waals surface area contributed by atoms with Gasteiger partial charge >= 0.3 is 12.0 Å². The van der Waals surface area contributed by atoms with E-state index in [0.29, 0.717) is 31.7 Å². The van der Waals surface area contributed by atoms with Gasteiger partial charge in [-0.05, 0) is 31.9 Å². The summed E-state index contributed by atoms with van der Waals surface area (Å²) in [4.78, 5) is 38.7. The van der Waals surface area contributed by atoms with Crippen molar-refractivity contribution < 1.29 is 19.5 Å². The number of carbonyl (C=O) groups excluding carboxylic acids is 2. The van der Waals surface area contributed by atoms with Gasteiger partial charge in [0.05, 0.1) is 5.92 Å². The van der Waals surface area contributed by atoms with Crippen LogP contribution in [0.1, 0.15) is 19.8 Å². The summed E-state index contributed by atoms with van der Waals surface area (Å²) < 4.78 is 0. The number of likely N-dealkylation sites (tertiary alicyclic amines) is 1. The average Bonchev–Trinajstić information content (AvgIpc) is 2.60. The molecular weight excluding hydrogens is 310 g/mol. The summed E-state index contributed by atoms with van der Waals surface area (Å²) in [5.74, 6) is -1.57. The average molecular weight is 333 g/mol. The zero-order valence-electron chi connectivity index (χ0n) is 13.8. The van der Waals surface area contributed by atoms with Crippen molar-refractivity contribution in [3.8, 4) is 0 Å². The lowest BCUT2D eigenvalue weighted by Crippen LogP contribution is -2.48. The highest BCUT2D eigenvalue weighted by molar-refractivity contribution is 5.90. The van der Waals surface area contributed by atoms with Crippen LogP contribution in [0.15, 0.2) is 30.3 Å². The number of amides is 3. The number of rotatable bonds is 5. The number of piperidine rings is 1. The van der Waals surface area contributed by atoms with Gasteiger partial charge in [-0.1, -0.05) is 18.2 Å². The molecule has 0 bridgehead atoms. The molecule has 1 aromatic carbocycles. The summed E-state index contributed by atoms with van der Waals surface area (Å²) in [6, 6.07) is 8.91. The van der Waals surface area contributed by atoms with E-state index in [2.05, 4.69) is 5.32 Å². The van der Waals surface area contributed by atoms with Gasteiger partial charge in [-0.15, -0.1) is 0 Å². The molecule has 1 aliphatic rings. The Bertz CT molecular complexity index is 591. The maximum Gasteiger partial charge on any atom is 0.323 e. The lowest BCUT2D eigenvalue weighted by atomic mass is 9.96. The molecule has 0 saturated carbocycles. The summed E-state index contributed by atoms with van der Waals surface area (Å²) in [6.45, 7) is 2.70. The number of anilines is 1. The molecule has 1 atom stereocenters. The van der Waals surface area contributed by atoms with E-state index < -0.39 is 5.97 Å². The molecule has 2 N–H and O–H groups in total. The second-order valence-corrected chi connectivity index (χ2v) is 5.83. The van der Waals surface area contributed by atoms with Gasteiger partial charge < -0.3 is 20.2 Å². The number of carboxylic acid groups (broad SMARTS) is 1. The minimum atomic E-state index is -1.03. The summed E-state index contributed by atoms with van der Waals surface area (Å²) in [6.07, 6.45) is 1.40. The quantitative estimate of drug-likeness (QED) is 0.861. The second kappa shape index (κ2) is 8.33. The SMILES string of the molecule is CCN(CC(=O)O)C(=O)C1CCCN(C(=O)Nc2ccccc2)C1. The monoisotopic (exact) mass is 333 g/mol. The van der Waals surface area contributed by atoms with Gasteiger partial charge in [-0.2, -0.15) is 0 Å². The third kappa shape index (κ3) is 4.71. The maximum atomic E-state index is 12.5. The highest BCUT2D eigenvalue weighted by Crippen LogP contribution is 2.20. The van der Waals surface area contributed by atoms with Gasteiger partial charge in [0.1, 0.15) is 6.54 Å². The standard InChI is InChI=1S/C17H23N3O4/c1-2-19(12-15(21)22)16(23)13-7-6-10-20(11-13)17(24)18-14-8-4-3-5-9-14/h3-5,8-9,13H,2,6-7,10-12H2,1H3,(H,18,24)(H,21,22). The lowest BCUT2D eigenvalue weighted by Gasteiger charge is -2.34. The van der Waals surface area contributed by atoms with Crippen molar-refractivity contribution in [3.05, 3.63) is 30.3 Å². The van der Waals surface area contributed by atoms with Crippen molar-refractivity contribution in [2.24, 2.45) is 5.92 Å². The third-order valence-electron chi connectivity index (χ3n) is 4.10. The molecule has 1 heterocycles. The first-order valence-electron chi connectivity index (χ1n) is 8.12. The maximum absolute atomic E-state index is 12.5. The number of aliphatic carboxylic acids is 1. The Hall–Kier alpha value is -2.57. The normalized spacial score (nSPS) is 17.2. The van der Waals surface area contributed by atoms with E-state index >= 15 is 0 Å². The molecule has 0 spiro atoms. The molecule has 7 nitrogen and oxygen atoms in total. The van der Waals surface area contributed by atoms with Gasteiger partial charge in [0.15, 0.2) is 0 Å². The van der Waals surface area contributed by atoms with Gasteiger partial charge in [-0.25, -0.2) is 4.79 Å². The number of carbonyl (C=O) groups is 3. The van der Waals surface area contributed by atoms with E-state index in [1.807, 2.05) is 18.2 Å². The fourth-order valence-electron chi connectivity index (χ4n) is 2.85. The van der Waals surface area contributed by atoms with Crippen LogP contribution in [0.2, 0.25) is 0 Å². The Labute approximate surface area is 141 Å². The summed E-state index contributed by atoms with van der Waals surface area (Å²) >= 11 is 0. The second-order valence-electron chi connectivity index (χ2n) is 5.83. The molecule has 3 amide bonds.